The molecule has 0 unspecified atom stereocenters. The van der Waals surface area contributed by atoms with E-state index in [2.05, 4.69) is 19.5 Å². The molecular weight excluding hydrogens is 864 g/mol. The van der Waals surface area contributed by atoms with Gasteiger partial charge in [-0.25, -0.2) is 29.1 Å². The third-order valence-electron chi connectivity index (χ3n) is 6.28. The second kappa shape index (κ2) is 28.5. The molecule has 0 atom stereocenters. The number of carbonyl (C=O) groups is 8. The lowest BCUT2D eigenvalue weighted by molar-refractivity contribution is -0.763. The summed E-state index contributed by atoms with van der Waals surface area (Å²) in [4.78, 5) is 120. The van der Waals surface area contributed by atoms with E-state index in [1.807, 2.05) is 0 Å². The molecule has 2 N–H and O–H groups in total. The molecule has 2 aromatic heterocycles. The second-order valence-corrected chi connectivity index (χ2v) is 11.1. The van der Waals surface area contributed by atoms with Crippen molar-refractivity contribution in [2.75, 3.05) is 13.6 Å². The van der Waals surface area contributed by atoms with Gasteiger partial charge in [0.25, 0.3) is 10.2 Å². The molecule has 0 radical (unpaired) electrons. The average Bonchev–Trinajstić information content (AvgIpc) is 3.22. The van der Waals surface area contributed by atoms with Crippen LogP contribution < -0.4 is 9.47 Å². The summed E-state index contributed by atoms with van der Waals surface area (Å²) >= 11 is 0. The molecule has 26 nitrogen and oxygen atoms in total. The zero-order valence-electron chi connectivity index (χ0n) is 33.8. The molecule has 0 fully saturated rings. The summed E-state index contributed by atoms with van der Waals surface area (Å²) in [5.74, 6) is -5.68. The van der Waals surface area contributed by atoms with E-state index < -0.39 is 78.1 Å². The fourth-order valence-electron chi connectivity index (χ4n) is 4.01. The van der Waals surface area contributed by atoms with Crippen LogP contribution >= 0.6 is 0 Å². The molecule has 4 aromatic rings. The number of rotatable bonds is 14. The molecule has 0 aliphatic rings. The Morgan fingerprint density at radius 1 is 0.547 bits per heavy atom. The molecular formula is C38H36N4O22. The Kier molecular flexibility index (Phi) is 23.6. The van der Waals surface area contributed by atoms with Crippen molar-refractivity contribution >= 4 is 47.8 Å². The Balaban J connectivity index is 0.000000521. The predicted molar refractivity (Wildman–Crippen MR) is 204 cm³/mol. The minimum Gasteiger partial charge on any atom is -0.426 e. The van der Waals surface area contributed by atoms with Crippen LogP contribution in [-0.4, -0.2) is 91.8 Å². The first-order chi connectivity index (χ1) is 30.2. The normalized spacial score (nSPS) is 9.45. The number of nitrogens with zero attached hydrogens (tertiary/aromatic N) is 4. The SMILES string of the molecule is CC(=O)OC(C)=O.CC(=O)Oc1ccccc1C(=O)OCOC(=O)c1cccc(CO)n1.CC(=O)Oc1ccccc1C(=O)OCOC(=O)c1cccc(CO[N+](=O)[O-])n1.O=[N+]([O-])O. The van der Waals surface area contributed by atoms with Crippen molar-refractivity contribution in [2.45, 2.75) is 40.9 Å². The molecule has 0 saturated heterocycles. The summed E-state index contributed by atoms with van der Waals surface area (Å²) < 4.78 is 33.1. The lowest BCUT2D eigenvalue weighted by atomic mass is 10.2. The summed E-state index contributed by atoms with van der Waals surface area (Å²) in [7, 11) is 0. The summed E-state index contributed by atoms with van der Waals surface area (Å²) in [6.07, 6.45) is 0. The maximum Gasteiger partial charge on any atom is 0.359 e. The number of esters is 8. The monoisotopic (exact) mass is 900 g/mol. The number of para-hydroxylation sites is 2. The van der Waals surface area contributed by atoms with Crippen LogP contribution in [-0.2, 0) is 60.9 Å². The summed E-state index contributed by atoms with van der Waals surface area (Å²) in [6, 6.07) is 20.6. The molecule has 0 aliphatic heterocycles. The van der Waals surface area contributed by atoms with Crippen LogP contribution in [0.15, 0.2) is 84.9 Å². The lowest BCUT2D eigenvalue weighted by Crippen LogP contribution is -2.16. The number of pyridine rings is 2. The Morgan fingerprint density at radius 3 is 1.28 bits per heavy atom. The predicted octanol–water partition coefficient (Wildman–Crippen LogP) is 2.91. The van der Waals surface area contributed by atoms with Crippen LogP contribution in [0.3, 0.4) is 0 Å². The van der Waals surface area contributed by atoms with Crippen molar-refractivity contribution in [3.05, 3.63) is 139 Å². The van der Waals surface area contributed by atoms with Crippen LogP contribution in [0.5, 0.6) is 11.5 Å². The Hall–Kier alpha value is -8.94. The van der Waals surface area contributed by atoms with Gasteiger partial charge in [0.05, 0.1) is 18.0 Å². The molecule has 340 valence electrons. The first kappa shape index (κ1) is 53.1. The van der Waals surface area contributed by atoms with Gasteiger partial charge in [0.1, 0.15) is 40.6 Å². The van der Waals surface area contributed by atoms with E-state index in [0.29, 0.717) is 5.69 Å². The van der Waals surface area contributed by atoms with Crippen LogP contribution in [0, 0.1) is 20.2 Å². The van der Waals surface area contributed by atoms with E-state index >= 15 is 0 Å². The number of hydrogen-bond acceptors (Lipinski definition) is 23. The Labute approximate surface area is 359 Å². The van der Waals surface area contributed by atoms with Gasteiger partial charge in [-0.2, -0.15) is 0 Å². The van der Waals surface area contributed by atoms with E-state index in [1.165, 1.54) is 88.4 Å². The highest BCUT2D eigenvalue weighted by Gasteiger charge is 2.18. The largest absolute Gasteiger partial charge is 0.426 e. The standard InChI is InChI=1S/C17H14N2O9.C17H15NO7.C4H6O3.HNO3/c1-11(20)28-15-8-3-2-6-13(15)16(21)25-10-26-17(22)14-7-4-5-12(18-14)9-27-19(23)24;1-11(20)25-15-8-3-2-6-13(15)16(21)23-10-24-17(22)14-7-4-5-12(9-19)18-14;1-3(5)7-4(2)6;2-1(3)4/h2-8H,9-10H2,1H3;2-8,19H,9-10H2,1H3;1-2H3;(H,2,3,4). The third-order valence-corrected chi connectivity index (χ3v) is 6.28. The first-order valence-electron chi connectivity index (χ1n) is 17.3. The topological polar surface area (TPSA) is 363 Å². The molecule has 0 aliphatic carbocycles. The number of carbonyl (C=O) groups excluding carboxylic acids is 8. The van der Waals surface area contributed by atoms with Crippen molar-refractivity contribution in [3.63, 3.8) is 0 Å². The number of hydrogen-bond donors (Lipinski definition) is 2. The number of benzene rings is 2. The smallest absolute Gasteiger partial charge is 0.359 e. The highest BCUT2D eigenvalue weighted by atomic mass is 16.9. The number of aliphatic hydroxyl groups is 1. The molecule has 2 heterocycles. The fraction of sp³-hybridized carbons (Fsp3) is 0.211. The van der Waals surface area contributed by atoms with E-state index in [0.717, 1.165) is 0 Å². The average molecular weight is 901 g/mol. The van der Waals surface area contributed by atoms with E-state index in [9.17, 15) is 48.5 Å². The van der Waals surface area contributed by atoms with Gasteiger partial charge in [-0.1, -0.05) is 36.4 Å². The van der Waals surface area contributed by atoms with Gasteiger partial charge in [-0.3, -0.25) is 19.2 Å². The number of aliphatic hydroxyl groups excluding tert-OH is 1. The van der Waals surface area contributed by atoms with E-state index in [1.54, 1.807) is 24.3 Å². The summed E-state index contributed by atoms with van der Waals surface area (Å²) in [5.41, 5.74) is 0.267. The van der Waals surface area contributed by atoms with E-state index in [4.69, 9.17) is 48.8 Å². The molecule has 0 amide bonds. The van der Waals surface area contributed by atoms with Crippen molar-refractivity contribution in [1.82, 2.24) is 9.97 Å². The van der Waals surface area contributed by atoms with Gasteiger partial charge in [0.2, 0.25) is 13.6 Å². The second-order valence-electron chi connectivity index (χ2n) is 11.1. The summed E-state index contributed by atoms with van der Waals surface area (Å²) in [5, 5.41) is 31.8. The van der Waals surface area contributed by atoms with Gasteiger partial charge in [0, 0.05) is 27.7 Å². The summed E-state index contributed by atoms with van der Waals surface area (Å²) in [6.45, 7) is 2.64. The minimum absolute atomic E-state index is 0.00600. The minimum atomic E-state index is -1.50. The lowest BCUT2D eigenvalue weighted by Gasteiger charge is -2.09. The third kappa shape index (κ3) is 22.4. The van der Waals surface area contributed by atoms with Crippen molar-refractivity contribution in [2.24, 2.45) is 0 Å². The molecule has 64 heavy (non-hydrogen) atoms. The van der Waals surface area contributed by atoms with Crippen LogP contribution in [0.25, 0.3) is 0 Å². The van der Waals surface area contributed by atoms with Crippen molar-refractivity contribution < 1.29 is 96.8 Å². The number of ether oxygens (including phenoxy) is 7. The van der Waals surface area contributed by atoms with Crippen molar-refractivity contribution in [1.29, 1.82) is 0 Å². The molecule has 0 spiro atoms. The van der Waals surface area contributed by atoms with Crippen molar-refractivity contribution in [3.8, 4) is 11.5 Å². The molecule has 2 aromatic carbocycles. The maximum absolute atomic E-state index is 12.1. The van der Waals surface area contributed by atoms with Gasteiger partial charge in [-0.15, -0.1) is 20.2 Å². The molecule has 4 rings (SSSR count). The van der Waals surface area contributed by atoms with Gasteiger partial charge < -0.3 is 48.3 Å². The van der Waals surface area contributed by atoms with Gasteiger partial charge in [-0.05, 0) is 48.5 Å². The highest BCUT2D eigenvalue weighted by Crippen LogP contribution is 2.20. The quantitative estimate of drug-likeness (QED) is 0.0349. The zero-order valence-corrected chi connectivity index (χ0v) is 33.8. The van der Waals surface area contributed by atoms with Gasteiger partial charge in [0.15, 0.2) is 0 Å². The maximum atomic E-state index is 12.1. The number of aromatic nitrogens is 2. The molecule has 0 saturated carbocycles. The molecule has 26 heteroatoms. The van der Waals surface area contributed by atoms with Crippen LogP contribution in [0.2, 0.25) is 0 Å². The van der Waals surface area contributed by atoms with Crippen LogP contribution in [0.4, 0.5) is 0 Å². The zero-order chi connectivity index (χ0) is 48.2. The fourth-order valence-corrected chi connectivity index (χ4v) is 4.01. The van der Waals surface area contributed by atoms with E-state index in [-0.39, 0.29) is 46.3 Å². The van der Waals surface area contributed by atoms with Crippen LogP contribution in [0.1, 0.15) is 80.8 Å². The Bertz CT molecular complexity index is 2280. The first-order valence-corrected chi connectivity index (χ1v) is 17.3. The highest BCUT2D eigenvalue weighted by molar-refractivity contribution is 5.94. The molecule has 0 bridgehead atoms. The van der Waals surface area contributed by atoms with Gasteiger partial charge >= 0.3 is 47.8 Å². The Morgan fingerprint density at radius 2 is 0.922 bits per heavy atom.